The molecule has 2 aromatic carbocycles. The number of benzene rings is 2. The van der Waals surface area contributed by atoms with Crippen LogP contribution in [0, 0.1) is 11.8 Å². The number of nitrogens with zero attached hydrogens (tertiary/aromatic N) is 2. The van der Waals surface area contributed by atoms with E-state index in [2.05, 4.69) is 20.9 Å². The average Bonchev–Trinajstić information content (AvgIpc) is 3.79. The first-order chi connectivity index (χ1) is 22.1. The number of carbonyl (C=O) groups excluding carboxylic acids is 2. The number of nitrogens with one attached hydrogen (secondary N) is 3. The van der Waals surface area contributed by atoms with Gasteiger partial charge in [-0.2, -0.15) is 0 Å². The Morgan fingerprint density at radius 1 is 1.13 bits per heavy atom. The fourth-order valence-electron chi connectivity index (χ4n) is 6.64. The molecule has 4 N–H and O–H groups in total. The van der Waals surface area contributed by atoms with Gasteiger partial charge in [-0.05, 0) is 35.1 Å². The number of ether oxygens (including phenoxy) is 2. The minimum absolute atomic E-state index is 0.159. The number of hydrogen-bond acceptors (Lipinski definition) is 10. The zero-order chi connectivity index (χ0) is 32.3. The van der Waals surface area contributed by atoms with E-state index >= 15 is 0 Å². The summed E-state index contributed by atoms with van der Waals surface area (Å²) >= 11 is 0. The minimum Gasteiger partial charge on any atom is -0.469 e. The third kappa shape index (κ3) is 4.66. The summed E-state index contributed by atoms with van der Waals surface area (Å²) < 4.78 is 24.6. The summed E-state index contributed by atoms with van der Waals surface area (Å²) in [6.45, 7) is 7.64. The molecule has 7 rings (SSSR count). The molecule has 0 fully saturated rings. The summed E-state index contributed by atoms with van der Waals surface area (Å²) in [4.78, 5) is 36.6. The van der Waals surface area contributed by atoms with Crippen LogP contribution in [0.1, 0.15) is 67.8 Å². The van der Waals surface area contributed by atoms with Gasteiger partial charge in [0.2, 0.25) is 23.6 Å². The zero-order valence-corrected chi connectivity index (χ0v) is 26.3. The Bertz CT molecular complexity index is 1810. The Kier molecular flexibility index (Phi) is 7.36. The van der Waals surface area contributed by atoms with E-state index in [4.69, 9.17) is 23.3 Å². The number of hydrogen-bond donors (Lipinski definition) is 4. The third-order valence-electron chi connectivity index (χ3n) is 9.00. The summed E-state index contributed by atoms with van der Waals surface area (Å²) in [6, 6.07) is 12.0. The highest BCUT2D eigenvalue weighted by Gasteiger charge is 2.61. The summed E-state index contributed by atoms with van der Waals surface area (Å²) in [6.07, 6.45) is -0.154. The summed E-state index contributed by atoms with van der Waals surface area (Å²) in [7, 11) is 1.58. The molecule has 3 aliphatic rings. The van der Waals surface area contributed by atoms with E-state index < -0.39 is 41.6 Å². The van der Waals surface area contributed by atoms with Crippen LogP contribution in [0.25, 0.3) is 11.6 Å². The van der Waals surface area contributed by atoms with Crippen molar-refractivity contribution in [2.75, 3.05) is 12.4 Å². The van der Waals surface area contributed by atoms with Gasteiger partial charge in [0.25, 0.3) is 0 Å². The van der Waals surface area contributed by atoms with Gasteiger partial charge in [0.05, 0.1) is 6.61 Å². The summed E-state index contributed by atoms with van der Waals surface area (Å²) in [5.74, 6) is 0.0843. The highest BCUT2D eigenvalue weighted by molar-refractivity contribution is 5.90. The number of fused-ring (bicyclic) bond motifs is 4. The van der Waals surface area contributed by atoms with Gasteiger partial charge >= 0.3 is 0 Å². The van der Waals surface area contributed by atoms with Crippen LogP contribution >= 0.6 is 0 Å². The molecule has 1 unspecified atom stereocenters. The van der Waals surface area contributed by atoms with Crippen LogP contribution in [-0.2, 0) is 32.8 Å². The average molecular weight is 628 g/mol. The predicted molar refractivity (Wildman–Crippen MR) is 166 cm³/mol. The SMILES string of the molecule is COCc1coc(-c2nc3oc2[C@@]24c5ccccc5NC2Oc2ccc(cc24)C[C@H](NC(=O)[C@@H](O)C(C)C)C(=O)N[C@H]3C(C)C)n1. The Morgan fingerprint density at radius 3 is 2.70 bits per heavy atom. The molecule has 240 valence electrons. The topological polar surface area (TPSA) is 161 Å². The van der Waals surface area contributed by atoms with E-state index in [0.717, 1.165) is 22.4 Å². The van der Waals surface area contributed by atoms with Crippen molar-refractivity contribution >= 4 is 17.5 Å². The number of para-hydroxylation sites is 1. The van der Waals surface area contributed by atoms with E-state index in [1.807, 2.05) is 56.3 Å². The van der Waals surface area contributed by atoms with Crippen LogP contribution in [0.3, 0.4) is 0 Å². The first-order valence-corrected chi connectivity index (χ1v) is 15.5. The van der Waals surface area contributed by atoms with Crippen molar-refractivity contribution in [3.63, 3.8) is 0 Å². The molecule has 3 aliphatic heterocycles. The molecular weight excluding hydrogens is 590 g/mol. The number of amides is 2. The lowest BCUT2D eigenvalue weighted by Crippen LogP contribution is -2.52. The maximum atomic E-state index is 13.9. The van der Waals surface area contributed by atoms with E-state index in [-0.39, 0.29) is 36.6 Å². The molecule has 0 radical (unpaired) electrons. The summed E-state index contributed by atoms with van der Waals surface area (Å²) in [5.41, 5.74) is 3.37. The normalized spacial score (nSPS) is 23.5. The second-order valence-corrected chi connectivity index (χ2v) is 12.8. The zero-order valence-electron chi connectivity index (χ0n) is 26.3. The second-order valence-electron chi connectivity index (χ2n) is 12.8. The van der Waals surface area contributed by atoms with Crippen LogP contribution in [0.4, 0.5) is 5.69 Å². The lowest BCUT2D eigenvalue weighted by atomic mass is 9.72. The molecule has 2 amide bonds. The first-order valence-electron chi connectivity index (χ1n) is 15.5. The lowest BCUT2D eigenvalue weighted by Gasteiger charge is -2.29. The third-order valence-corrected chi connectivity index (χ3v) is 9.00. The van der Waals surface area contributed by atoms with Gasteiger partial charge < -0.3 is 39.4 Å². The maximum Gasteiger partial charge on any atom is 0.249 e. The number of carbonyl (C=O) groups is 2. The Labute approximate surface area is 265 Å². The molecule has 12 nitrogen and oxygen atoms in total. The quantitative estimate of drug-likeness (QED) is 0.237. The fourth-order valence-corrected chi connectivity index (χ4v) is 6.64. The Morgan fingerprint density at radius 2 is 1.93 bits per heavy atom. The molecule has 4 bridgehead atoms. The number of methoxy groups -OCH3 is 1. The second kappa shape index (κ2) is 11.3. The van der Waals surface area contributed by atoms with Crippen LogP contribution in [0.5, 0.6) is 5.75 Å². The number of oxazole rings is 2. The smallest absolute Gasteiger partial charge is 0.249 e. The van der Waals surface area contributed by atoms with E-state index in [0.29, 0.717) is 22.9 Å². The largest absolute Gasteiger partial charge is 0.469 e. The molecule has 2 aromatic heterocycles. The van der Waals surface area contributed by atoms with Gasteiger partial charge in [-0.3, -0.25) is 9.59 Å². The van der Waals surface area contributed by atoms with Crippen molar-refractivity contribution in [1.82, 2.24) is 20.6 Å². The van der Waals surface area contributed by atoms with Crippen molar-refractivity contribution < 1.29 is 33.0 Å². The number of anilines is 1. The maximum absolute atomic E-state index is 13.9. The standard InChI is InChI=1S/C34H37N5O7/c1-16(2)25-32-39-26(31-35-19(14-43-5)15-44-31)28(46-32)34-20-8-6-7-9-22(20)37-33(34)45-24-11-10-18(12-21(24)34)13-23(29(41)38-25)36-30(42)27(40)17(3)4/h6-12,15-17,23,25,27,33,37,40H,13-14H2,1-5H3,(H,36,42)(H,38,41)/t23-,25-,27-,33?,34-/m0/s1. The van der Waals surface area contributed by atoms with E-state index in [1.165, 1.54) is 6.26 Å². The molecule has 5 atom stereocenters. The molecule has 0 saturated carbocycles. The van der Waals surface area contributed by atoms with Crippen molar-refractivity contribution in [1.29, 1.82) is 0 Å². The van der Waals surface area contributed by atoms with Crippen molar-refractivity contribution in [2.45, 2.75) is 70.6 Å². The number of aliphatic hydroxyl groups excluding tert-OH is 1. The van der Waals surface area contributed by atoms with Crippen LogP contribution < -0.4 is 20.7 Å². The van der Waals surface area contributed by atoms with Crippen molar-refractivity contribution in [3.05, 3.63) is 82.8 Å². The molecule has 12 heteroatoms. The van der Waals surface area contributed by atoms with Crippen molar-refractivity contribution in [2.24, 2.45) is 11.8 Å². The van der Waals surface area contributed by atoms with Gasteiger partial charge in [0, 0.05) is 24.8 Å². The summed E-state index contributed by atoms with van der Waals surface area (Å²) in [5, 5.41) is 19.9. The first kappa shape index (κ1) is 30.0. The number of rotatable bonds is 7. The van der Waals surface area contributed by atoms with E-state index in [1.54, 1.807) is 21.0 Å². The van der Waals surface area contributed by atoms with Gasteiger partial charge in [-0.25, -0.2) is 9.97 Å². The van der Waals surface area contributed by atoms with Crippen LogP contribution in [0.15, 0.2) is 57.6 Å². The van der Waals surface area contributed by atoms with Gasteiger partial charge in [-0.1, -0.05) is 58.0 Å². The lowest BCUT2D eigenvalue weighted by molar-refractivity contribution is -0.135. The Balaban J connectivity index is 1.47. The van der Waals surface area contributed by atoms with Gasteiger partial charge in [0.1, 0.15) is 41.3 Å². The van der Waals surface area contributed by atoms with Gasteiger partial charge in [-0.15, -0.1) is 0 Å². The molecule has 46 heavy (non-hydrogen) atoms. The highest BCUT2D eigenvalue weighted by atomic mass is 16.5. The molecular formula is C34H37N5O7. The monoisotopic (exact) mass is 627 g/mol. The molecule has 0 aliphatic carbocycles. The van der Waals surface area contributed by atoms with Crippen LogP contribution in [0.2, 0.25) is 0 Å². The fraction of sp³-hybridized carbons (Fsp3) is 0.412. The van der Waals surface area contributed by atoms with Crippen molar-refractivity contribution in [3.8, 4) is 17.3 Å². The number of aromatic nitrogens is 2. The van der Waals surface area contributed by atoms with Crippen LogP contribution in [-0.4, -0.2) is 52.4 Å². The molecule has 1 spiro atoms. The highest BCUT2D eigenvalue weighted by Crippen LogP contribution is 2.59. The molecule has 5 heterocycles. The minimum atomic E-state index is -1.27. The van der Waals surface area contributed by atoms with E-state index in [9.17, 15) is 14.7 Å². The number of aliphatic hydroxyl groups is 1. The predicted octanol–water partition coefficient (Wildman–Crippen LogP) is 3.83. The molecule has 0 saturated heterocycles. The molecule has 4 aromatic rings. The Hall–Kier alpha value is -4.68. The van der Waals surface area contributed by atoms with Gasteiger partial charge in [0.15, 0.2) is 17.7 Å².